The lowest BCUT2D eigenvalue weighted by atomic mass is 10.1. The molecule has 10 nitrogen and oxygen atoms in total. The van der Waals surface area contributed by atoms with E-state index >= 15 is 0 Å². The zero-order chi connectivity index (χ0) is 24.2. The van der Waals surface area contributed by atoms with Gasteiger partial charge >= 0.3 is 0 Å². The van der Waals surface area contributed by atoms with E-state index in [1.165, 1.54) is 0 Å². The zero-order valence-corrected chi connectivity index (χ0v) is 19.9. The van der Waals surface area contributed by atoms with E-state index in [-0.39, 0.29) is 19.3 Å². The number of nitrogens with zero attached hydrogens (tertiary/aromatic N) is 5. The number of amides is 1. The predicted molar refractivity (Wildman–Crippen MR) is 127 cm³/mol. The van der Waals surface area contributed by atoms with Crippen molar-refractivity contribution in [1.82, 2.24) is 19.9 Å². The van der Waals surface area contributed by atoms with Crippen molar-refractivity contribution in [3.63, 3.8) is 0 Å². The molecule has 0 spiro atoms. The molecule has 35 heavy (non-hydrogen) atoms. The summed E-state index contributed by atoms with van der Waals surface area (Å²) in [6.45, 7) is 5.02. The molecule has 2 aliphatic rings. The minimum atomic E-state index is -0.115. The Morgan fingerprint density at radius 2 is 1.86 bits per heavy atom. The van der Waals surface area contributed by atoms with Crippen molar-refractivity contribution in [2.45, 2.75) is 13.5 Å². The number of hydrogen-bond acceptors (Lipinski definition) is 9. The number of rotatable bonds is 7. The van der Waals surface area contributed by atoms with E-state index in [4.69, 9.17) is 30.4 Å². The van der Waals surface area contributed by atoms with Crippen molar-refractivity contribution >= 4 is 23.2 Å². The second-order valence-corrected chi connectivity index (χ2v) is 8.63. The molecule has 0 N–H and O–H groups in total. The van der Waals surface area contributed by atoms with Gasteiger partial charge in [0, 0.05) is 42.3 Å². The van der Waals surface area contributed by atoms with Crippen LogP contribution in [0.3, 0.4) is 0 Å². The summed E-state index contributed by atoms with van der Waals surface area (Å²) in [6.07, 6.45) is 0. The van der Waals surface area contributed by atoms with Gasteiger partial charge in [-0.2, -0.15) is 4.98 Å². The molecule has 0 radical (unpaired) electrons. The maximum atomic E-state index is 12.5. The molecule has 0 saturated carbocycles. The highest BCUT2D eigenvalue weighted by Crippen LogP contribution is 2.32. The summed E-state index contributed by atoms with van der Waals surface area (Å²) in [5.41, 5.74) is 2.34. The molecule has 0 bridgehead atoms. The molecular formula is C24H24ClN5O5. The first-order valence-corrected chi connectivity index (χ1v) is 11.6. The van der Waals surface area contributed by atoms with Gasteiger partial charge < -0.3 is 23.7 Å². The van der Waals surface area contributed by atoms with Gasteiger partial charge in [0.05, 0.1) is 12.3 Å². The fourth-order valence-electron chi connectivity index (χ4n) is 3.83. The monoisotopic (exact) mass is 497 g/mol. The Morgan fingerprint density at radius 1 is 1.09 bits per heavy atom. The summed E-state index contributed by atoms with van der Waals surface area (Å²) >= 11 is 5.93. The normalized spacial score (nSPS) is 15.9. The SMILES string of the molecule is C/C(=N\OCC(=O)N1CCN(Cc2nc(-c3ccc(Cl)cc3)no2)CC1)c1ccc2c(c1)OCO2. The Kier molecular flexibility index (Phi) is 6.82. The highest BCUT2D eigenvalue weighted by atomic mass is 35.5. The van der Waals surface area contributed by atoms with Crippen molar-refractivity contribution in [1.29, 1.82) is 0 Å². The molecule has 2 aliphatic heterocycles. The smallest absolute Gasteiger partial charge is 0.263 e. The van der Waals surface area contributed by atoms with Crippen LogP contribution in [0.1, 0.15) is 18.4 Å². The van der Waals surface area contributed by atoms with E-state index in [1.807, 2.05) is 37.3 Å². The van der Waals surface area contributed by atoms with Crippen LogP contribution >= 0.6 is 11.6 Å². The van der Waals surface area contributed by atoms with Crippen LogP contribution in [-0.4, -0.2) is 71.1 Å². The molecule has 3 heterocycles. The van der Waals surface area contributed by atoms with Crippen LogP contribution in [0.25, 0.3) is 11.4 Å². The number of piperazine rings is 1. The average molecular weight is 498 g/mol. The van der Waals surface area contributed by atoms with Gasteiger partial charge in [0.25, 0.3) is 5.91 Å². The molecule has 5 rings (SSSR count). The predicted octanol–water partition coefficient (Wildman–Crippen LogP) is 3.20. The minimum Gasteiger partial charge on any atom is -0.454 e. The number of fused-ring (bicyclic) bond motifs is 1. The first-order chi connectivity index (χ1) is 17.0. The molecule has 1 fully saturated rings. The molecule has 1 saturated heterocycles. The van der Waals surface area contributed by atoms with Crippen molar-refractivity contribution in [2.75, 3.05) is 39.6 Å². The van der Waals surface area contributed by atoms with E-state index in [1.54, 1.807) is 17.0 Å². The van der Waals surface area contributed by atoms with Crippen LogP contribution in [0.2, 0.25) is 5.02 Å². The van der Waals surface area contributed by atoms with Crippen LogP contribution in [0, 0.1) is 0 Å². The maximum absolute atomic E-state index is 12.5. The van der Waals surface area contributed by atoms with E-state index < -0.39 is 0 Å². The molecule has 1 amide bonds. The molecule has 3 aromatic rings. The second-order valence-electron chi connectivity index (χ2n) is 8.19. The maximum Gasteiger partial charge on any atom is 0.263 e. The van der Waals surface area contributed by atoms with Crippen molar-refractivity contribution < 1.29 is 23.6 Å². The van der Waals surface area contributed by atoms with Crippen LogP contribution in [0.5, 0.6) is 11.5 Å². The van der Waals surface area contributed by atoms with Crippen LogP contribution < -0.4 is 9.47 Å². The minimum absolute atomic E-state index is 0.102. The summed E-state index contributed by atoms with van der Waals surface area (Å²) in [7, 11) is 0. The van der Waals surface area contributed by atoms with Crippen LogP contribution in [0.4, 0.5) is 0 Å². The third-order valence-electron chi connectivity index (χ3n) is 5.83. The van der Waals surface area contributed by atoms with Gasteiger partial charge in [-0.25, -0.2) is 0 Å². The number of ether oxygens (including phenoxy) is 2. The zero-order valence-electron chi connectivity index (χ0n) is 19.1. The number of aromatic nitrogens is 2. The first-order valence-electron chi connectivity index (χ1n) is 11.2. The van der Waals surface area contributed by atoms with Crippen molar-refractivity contribution in [3.05, 3.63) is 58.9 Å². The van der Waals surface area contributed by atoms with Crippen LogP contribution in [0.15, 0.2) is 52.1 Å². The van der Waals surface area contributed by atoms with Gasteiger partial charge in [0.1, 0.15) is 0 Å². The van der Waals surface area contributed by atoms with Gasteiger partial charge in [-0.1, -0.05) is 21.9 Å². The molecule has 2 aromatic carbocycles. The lowest BCUT2D eigenvalue weighted by Gasteiger charge is -2.33. The largest absolute Gasteiger partial charge is 0.454 e. The average Bonchev–Trinajstić information content (AvgIpc) is 3.54. The highest BCUT2D eigenvalue weighted by molar-refractivity contribution is 6.30. The highest BCUT2D eigenvalue weighted by Gasteiger charge is 2.23. The molecule has 0 unspecified atom stereocenters. The second kappa shape index (κ2) is 10.3. The lowest BCUT2D eigenvalue weighted by molar-refractivity contribution is -0.138. The van der Waals surface area contributed by atoms with Gasteiger partial charge in [-0.3, -0.25) is 9.69 Å². The summed E-state index contributed by atoms with van der Waals surface area (Å²) in [5.74, 6) is 2.34. The third kappa shape index (κ3) is 5.55. The molecule has 0 atom stereocenters. The third-order valence-corrected chi connectivity index (χ3v) is 6.09. The Bertz CT molecular complexity index is 1220. The Hall–Kier alpha value is -3.63. The number of carbonyl (C=O) groups excluding carboxylic acids is 1. The van der Waals surface area contributed by atoms with E-state index in [0.717, 1.165) is 11.1 Å². The van der Waals surface area contributed by atoms with E-state index in [9.17, 15) is 4.79 Å². The lowest BCUT2D eigenvalue weighted by Crippen LogP contribution is -2.49. The number of benzene rings is 2. The van der Waals surface area contributed by atoms with Gasteiger partial charge in [0.2, 0.25) is 18.5 Å². The molecule has 182 valence electrons. The quantitative estimate of drug-likeness (QED) is 0.362. The number of halogens is 1. The summed E-state index contributed by atoms with van der Waals surface area (Å²) < 4.78 is 16.1. The van der Waals surface area contributed by atoms with E-state index in [2.05, 4.69) is 20.2 Å². The molecular weight excluding hydrogens is 474 g/mol. The van der Waals surface area contributed by atoms with E-state index in [0.29, 0.717) is 66.7 Å². The molecule has 11 heteroatoms. The summed E-state index contributed by atoms with van der Waals surface area (Å²) in [6, 6.07) is 12.8. The Labute approximate surface area is 207 Å². The molecule has 0 aliphatic carbocycles. The first kappa shape index (κ1) is 23.1. The van der Waals surface area contributed by atoms with Crippen LogP contribution in [-0.2, 0) is 16.2 Å². The number of carbonyl (C=O) groups is 1. The molecule has 1 aromatic heterocycles. The fourth-order valence-corrected chi connectivity index (χ4v) is 3.96. The Morgan fingerprint density at radius 3 is 2.66 bits per heavy atom. The van der Waals surface area contributed by atoms with Gasteiger partial charge in [0.15, 0.2) is 18.1 Å². The fraction of sp³-hybridized carbons (Fsp3) is 0.333. The van der Waals surface area contributed by atoms with Gasteiger partial charge in [-0.15, -0.1) is 0 Å². The number of hydrogen-bond donors (Lipinski definition) is 0. The summed E-state index contributed by atoms with van der Waals surface area (Å²) in [4.78, 5) is 26.3. The summed E-state index contributed by atoms with van der Waals surface area (Å²) in [5, 5.41) is 8.79. The van der Waals surface area contributed by atoms with Crippen molar-refractivity contribution in [2.24, 2.45) is 5.16 Å². The Balaban J connectivity index is 1.07. The number of oxime groups is 1. The topological polar surface area (TPSA) is 103 Å². The van der Waals surface area contributed by atoms with Crippen molar-refractivity contribution in [3.8, 4) is 22.9 Å². The van der Waals surface area contributed by atoms with Gasteiger partial charge in [-0.05, 0) is 49.4 Å². The standard InChI is InChI=1S/C24H24ClN5O5/c1-16(18-4-7-20-21(12-18)33-15-32-20)27-34-14-23(31)30-10-8-29(9-11-30)13-22-26-24(28-35-22)17-2-5-19(25)6-3-17/h2-7,12H,8-11,13-15H2,1H3/b27-16+.